The van der Waals surface area contributed by atoms with E-state index in [0.29, 0.717) is 6.61 Å². The first-order chi connectivity index (χ1) is 8.65. The first kappa shape index (κ1) is 19.0. The Morgan fingerprint density at radius 1 is 1.42 bits per heavy atom. The zero-order chi connectivity index (χ0) is 13.4. The molecule has 0 saturated heterocycles. The minimum absolute atomic E-state index is 0. The van der Waals surface area contributed by atoms with Gasteiger partial charge in [0.1, 0.15) is 0 Å². The Morgan fingerprint density at radius 3 is 2.74 bits per heavy atom. The molecule has 0 aliphatic heterocycles. The predicted octanol–water partition coefficient (Wildman–Crippen LogP) is 2.63. The van der Waals surface area contributed by atoms with Crippen LogP contribution in [0.1, 0.15) is 39.5 Å². The minimum Gasteiger partial charge on any atom is -0.383 e. The molecule has 3 unspecified atom stereocenters. The van der Waals surface area contributed by atoms with E-state index in [1.807, 2.05) is 7.05 Å². The lowest BCUT2D eigenvalue weighted by atomic mass is 9.82. The number of ether oxygens (including phenoxy) is 1. The topological polar surface area (TPSA) is 45.7 Å². The fourth-order valence-corrected chi connectivity index (χ4v) is 2.71. The minimum atomic E-state index is 0. The third-order valence-corrected chi connectivity index (χ3v) is 3.63. The summed E-state index contributed by atoms with van der Waals surface area (Å²) in [6.45, 7) is 6.18. The number of rotatable bonds is 5. The summed E-state index contributed by atoms with van der Waals surface area (Å²) in [6.07, 6.45) is 5.47. The van der Waals surface area contributed by atoms with Crippen molar-refractivity contribution in [1.82, 2.24) is 10.6 Å². The molecule has 0 heterocycles. The number of nitrogens with zero attached hydrogens (tertiary/aromatic N) is 1. The molecule has 4 nitrogen and oxygen atoms in total. The molecule has 0 spiro atoms. The standard InChI is InChI=1S/C14H29N3O.HI/c1-11-6-5-7-13(8-11)9-16-14(15-3)17-12(2)10-18-4;/h11-13H,5-10H2,1-4H3,(H2,15,16,17);1H. The van der Waals surface area contributed by atoms with Crippen LogP contribution in [0.15, 0.2) is 4.99 Å². The Labute approximate surface area is 135 Å². The van der Waals surface area contributed by atoms with Crippen LogP contribution in [0.5, 0.6) is 0 Å². The van der Waals surface area contributed by atoms with Gasteiger partial charge in [0.05, 0.1) is 6.61 Å². The van der Waals surface area contributed by atoms with Crippen LogP contribution in [-0.2, 0) is 4.74 Å². The SMILES string of the molecule is CN=C(NCC1CCCC(C)C1)NC(C)COC.I. The molecular weight excluding hydrogens is 353 g/mol. The summed E-state index contributed by atoms with van der Waals surface area (Å²) in [4.78, 5) is 4.25. The van der Waals surface area contributed by atoms with Crippen LogP contribution in [0.3, 0.4) is 0 Å². The number of aliphatic imine (C=N–C) groups is 1. The van der Waals surface area contributed by atoms with Gasteiger partial charge in [-0.1, -0.05) is 19.8 Å². The summed E-state index contributed by atoms with van der Waals surface area (Å²) >= 11 is 0. The van der Waals surface area contributed by atoms with Crippen molar-refractivity contribution >= 4 is 29.9 Å². The van der Waals surface area contributed by atoms with Gasteiger partial charge in [0.25, 0.3) is 0 Å². The fraction of sp³-hybridized carbons (Fsp3) is 0.929. The van der Waals surface area contributed by atoms with E-state index in [1.165, 1.54) is 25.7 Å². The van der Waals surface area contributed by atoms with Gasteiger partial charge in [-0.15, -0.1) is 24.0 Å². The molecule has 0 aromatic heterocycles. The van der Waals surface area contributed by atoms with Crippen molar-refractivity contribution in [3.05, 3.63) is 0 Å². The van der Waals surface area contributed by atoms with E-state index in [4.69, 9.17) is 4.74 Å². The zero-order valence-electron chi connectivity index (χ0n) is 12.7. The van der Waals surface area contributed by atoms with E-state index in [-0.39, 0.29) is 30.0 Å². The lowest BCUT2D eigenvalue weighted by Crippen LogP contribution is -2.45. The van der Waals surface area contributed by atoms with E-state index >= 15 is 0 Å². The molecule has 1 aliphatic rings. The first-order valence-corrected chi connectivity index (χ1v) is 7.11. The fourth-order valence-electron chi connectivity index (χ4n) is 2.71. The molecule has 0 aromatic carbocycles. The van der Waals surface area contributed by atoms with Crippen molar-refractivity contribution in [3.8, 4) is 0 Å². The molecule has 1 saturated carbocycles. The monoisotopic (exact) mass is 383 g/mol. The van der Waals surface area contributed by atoms with E-state index in [1.54, 1.807) is 7.11 Å². The van der Waals surface area contributed by atoms with Gasteiger partial charge >= 0.3 is 0 Å². The third kappa shape index (κ3) is 7.97. The van der Waals surface area contributed by atoms with Crippen LogP contribution in [0.25, 0.3) is 0 Å². The molecule has 0 radical (unpaired) electrons. The number of methoxy groups -OCH3 is 1. The van der Waals surface area contributed by atoms with Crippen molar-refractivity contribution in [2.75, 3.05) is 27.3 Å². The van der Waals surface area contributed by atoms with Crippen molar-refractivity contribution in [2.24, 2.45) is 16.8 Å². The molecule has 1 fully saturated rings. The summed E-state index contributed by atoms with van der Waals surface area (Å²) in [6, 6.07) is 0.284. The normalized spacial score (nSPS) is 25.4. The van der Waals surface area contributed by atoms with Crippen LogP contribution in [-0.4, -0.2) is 39.3 Å². The maximum Gasteiger partial charge on any atom is 0.191 e. The van der Waals surface area contributed by atoms with Gasteiger partial charge in [-0.3, -0.25) is 4.99 Å². The van der Waals surface area contributed by atoms with Gasteiger partial charge in [0.15, 0.2) is 5.96 Å². The van der Waals surface area contributed by atoms with Crippen LogP contribution in [0.2, 0.25) is 0 Å². The largest absolute Gasteiger partial charge is 0.383 e. The van der Waals surface area contributed by atoms with Crippen molar-refractivity contribution < 1.29 is 4.74 Å². The zero-order valence-corrected chi connectivity index (χ0v) is 15.1. The highest BCUT2D eigenvalue weighted by Crippen LogP contribution is 2.27. The average Bonchev–Trinajstić information content (AvgIpc) is 2.35. The lowest BCUT2D eigenvalue weighted by Gasteiger charge is -2.27. The van der Waals surface area contributed by atoms with E-state index in [2.05, 4.69) is 29.5 Å². The summed E-state index contributed by atoms with van der Waals surface area (Å²) in [5.41, 5.74) is 0. The maximum absolute atomic E-state index is 5.11. The van der Waals surface area contributed by atoms with Gasteiger partial charge in [0, 0.05) is 26.7 Å². The number of guanidine groups is 1. The number of hydrogen-bond donors (Lipinski definition) is 2. The molecule has 1 rings (SSSR count). The first-order valence-electron chi connectivity index (χ1n) is 7.11. The Morgan fingerprint density at radius 2 is 2.16 bits per heavy atom. The molecule has 0 bridgehead atoms. The van der Waals surface area contributed by atoms with Gasteiger partial charge < -0.3 is 15.4 Å². The molecule has 2 N–H and O–H groups in total. The number of nitrogens with one attached hydrogen (secondary N) is 2. The molecular formula is C14H30IN3O. The Bertz CT molecular complexity index is 261. The molecule has 5 heteroatoms. The summed E-state index contributed by atoms with van der Waals surface area (Å²) < 4.78 is 5.11. The van der Waals surface area contributed by atoms with Gasteiger partial charge in [0.2, 0.25) is 0 Å². The summed E-state index contributed by atoms with van der Waals surface area (Å²) in [5, 5.41) is 6.76. The second-order valence-electron chi connectivity index (χ2n) is 5.59. The van der Waals surface area contributed by atoms with Crippen LogP contribution in [0, 0.1) is 11.8 Å². The van der Waals surface area contributed by atoms with Gasteiger partial charge in [-0.25, -0.2) is 0 Å². The van der Waals surface area contributed by atoms with Gasteiger partial charge in [-0.2, -0.15) is 0 Å². The molecule has 0 amide bonds. The van der Waals surface area contributed by atoms with E-state index in [9.17, 15) is 0 Å². The highest BCUT2D eigenvalue weighted by Gasteiger charge is 2.19. The lowest BCUT2D eigenvalue weighted by molar-refractivity contribution is 0.178. The van der Waals surface area contributed by atoms with E-state index in [0.717, 1.165) is 24.3 Å². The Balaban J connectivity index is 0.00000324. The number of halogens is 1. The second kappa shape index (κ2) is 10.7. The van der Waals surface area contributed by atoms with Crippen LogP contribution in [0.4, 0.5) is 0 Å². The number of hydrogen-bond acceptors (Lipinski definition) is 2. The Kier molecular flexibility index (Phi) is 10.7. The second-order valence-corrected chi connectivity index (χ2v) is 5.59. The maximum atomic E-state index is 5.11. The molecule has 0 aromatic rings. The highest BCUT2D eigenvalue weighted by molar-refractivity contribution is 14.0. The predicted molar refractivity (Wildman–Crippen MR) is 92.4 cm³/mol. The van der Waals surface area contributed by atoms with Crippen LogP contribution >= 0.6 is 24.0 Å². The van der Waals surface area contributed by atoms with Crippen LogP contribution < -0.4 is 10.6 Å². The summed E-state index contributed by atoms with van der Waals surface area (Å²) in [7, 11) is 3.54. The molecule has 3 atom stereocenters. The molecule has 19 heavy (non-hydrogen) atoms. The van der Waals surface area contributed by atoms with Crippen molar-refractivity contribution in [2.45, 2.75) is 45.6 Å². The van der Waals surface area contributed by atoms with Gasteiger partial charge in [-0.05, 0) is 31.6 Å². The summed E-state index contributed by atoms with van der Waals surface area (Å²) in [5.74, 6) is 2.57. The quantitative estimate of drug-likeness (QED) is 0.436. The highest BCUT2D eigenvalue weighted by atomic mass is 127. The van der Waals surface area contributed by atoms with E-state index < -0.39 is 0 Å². The smallest absolute Gasteiger partial charge is 0.191 e. The Hall–Kier alpha value is -0.0400. The van der Waals surface area contributed by atoms with Crippen molar-refractivity contribution in [3.63, 3.8) is 0 Å². The molecule has 114 valence electrons. The molecule has 1 aliphatic carbocycles. The third-order valence-electron chi connectivity index (χ3n) is 3.63. The average molecular weight is 383 g/mol. The van der Waals surface area contributed by atoms with Crippen molar-refractivity contribution in [1.29, 1.82) is 0 Å².